The van der Waals surface area contributed by atoms with Gasteiger partial charge in [0.2, 0.25) is 0 Å². The predicted octanol–water partition coefficient (Wildman–Crippen LogP) is 4.27. The molecule has 0 aromatic carbocycles. The summed E-state index contributed by atoms with van der Waals surface area (Å²) >= 11 is 0.877. The summed E-state index contributed by atoms with van der Waals surface area (Å²) in [5, 5.41) is 32.2. The molecule has 3 heterocycles. The zero-order valence-corrected chi connectivity index (χ0v) is 21.7. The van der Waals surface area contributed by atoms with Crippen molar-refractivity contribution in [2.24, 2.45) is 5.92 Å². The first-order valence-electron chi connectivity index (χ1n) is 11.0. The maximum atomic E-state index is 12.8. The van der Waals surface area contributed by atoms with E-state index in [1.807, 2.05) is 19.9 Å². The monoisotopic (exact) mass is 514 g/mol. The molecular weight excluding hydrogens is 482 g/mol. The molecule has 11 nitrogen and oxygen atoms in total. The van der Waals surface area contributed by atoms with Crippen molar-refractivity contribution in [3.8, 4) is 5.75 Å². The van der Waals surface area contributed by atoms with Crippen LogP contribution < -0.4 is 15.5 Å². The second-order valence-corrected chi connectivity index (χ2v) is 11.5. The average molecular weight is 515 g/mol. The van der Waals surface area contributed by atoms with Gasteiger partial charge >= 0.3 is 11.6 Å². The quantitative estimate of drug-likeness (QED) is 0.276. The SMILES string of the molecule is CCN(CC)S(=O)(=O)c1scc(Nc2c(N[C@@H](c3cc(C(C)C)co3)C(C)C)no[n+]2O)c1O. The third-order valence-electron chi connectivity index (χ3n) is 5.46. The number of furan rings is 1. The van der Waals surface area contributed by atoms with Crippen LogP contribution in [0.3, 0.4) is 0 Å². The second kappa shape index (κ2) is 10.2. The molecule has 0 aliphatic rings. The fraction of sp³-hybridized carbons (Fsp3) is 0.524. The molecule has 0 bridgehead atoms. The Morgan fingerprint density at radius 1 is 1.24 bits per heavy atom. The molecule has 3 aromatic rings. The van der Waals surface area contributed by atoms with Gasteiger partial charge < -0.3 is 20.0 Å². The van der Waals surface area contributed by atoms with Crippen molar-refractivity contribution in [3.63, 3.8) is 0 Å². The van der Waals surface area contributed by atoms with Crippen LogP contribution in [-0.4, -0.2) is 41.3 Å². The minimum absolute atomic E-state index is 0.0128. The van der Waals surface area contributed by atoms with E-state index < -0.39 is 15.8 Å². The molecule has 0 fully saturated rings. The van der Waals surface area contributed by atoms with Crippen LogP contribution in [0.2, 0.25) is 0 Å². The summed E-state index contributed by atoms with van der Waals surface area (Å²) in [6, 6.07) is 1.67. The van der Waals surface area contributed by atoms with Gasteiger partial charge in [-0.15, -0.1) is 11.3 Å². The van der Waals surface area contributed by atoms with Crippen LogP contribution in [0.25, 0.3) is 0 Å². The highest BCUT2D eigenvalue weighted by Gasteiger charge is 2.33. The van der Waals surface area contributed by atoms with Crippen LogP contribution in [-0.2, 0) is 10.0 Å². The summed E-state index contributed by atoms with van der Waals surface area (Å²) in [5.74, 6) is 0.782. The van der Waals surface area contributed by atoms with Crippen LogP contribution in [0.1, 0.15) is 64.8 Å². The summed E-state index contributed by atoms with van der Waals surface area (Å²) in [7, 11) is -3.86. The van der Waals surface area contributed by atoms with Crippen molar-refractivity contribution >= 4 is 38.7 Å². The Balaban J connectivity index is 1.90. The molecule has 13 heteroatoms. The van der Waals surface area contributed by atoms with Crippen molar-refractivity contribution in [1.29, 1.82) is 0 Å². The van der Waals surface area contributed by atoms with Gasteiger partial charge in [0.15, 0.2) is 15.6 Å². The number of rotatable bonds is 11. The fourth-order valence-corrected chi connectivity index (χ4v) is 6.25. The van der Waals surface area contributed by atoms with E-state index in [1.54, 1.807) is 20.1 Å². The number of hydrogen-bond acceptors (Lipinski definition) is 10. The molecule has 34 heavy (non-hydrogen) atoms. The molecule has 4 N–H and O–H groups in total. The van der Waals surface area contributed by atoms with Gasteiger partial charge in [-0.25, -0.2) is 8.42 Å². The Labute approximate surface area is 203 Å². The Morgan fingerprint density at radius 3 is 2.47 bits per heavy atom. The third kappa shape index (κ3) is 5.00. The van der Waals surface area contributed by atoms with Gasteiger partial charge in [-0.05, 0) is 23.5 Å². The van der Waals surface area contributed by atoms with E-state index in [-0.39, 0.29) is 46.6 Å². The van der Waals surface area contributed by atoms with Crippen molar-refractivity contribution in [3.05, 3.63) is 29.0 Å². The smallest absolute Gasteiger partial charge is 0.370 e. The maximum absolute atomic E-state index is 12.8. The van der Waals surface area contributed by atoms with E-state index in [2.05, 4.69) is 29.6 Å². The summed E-state index contributed by atoms with van der Waals surface area (Å²) in [6.07, 6.45) is 1.71. The first-order valence-corrected chi connectivity index (χ1v) is 13.4. The minimum Gasteiger partial charge on any atom is -0.503 e. The van der Waals surface area contributed by atoms with E-state index >= 15 is 0 Å². The number of aromatic hydroxyl groups is 1. The standard InChI is InChI=1S/C21H31N5O6S2/c1-7-25(8-2)34(29,30)21-18(27)15(11-33-21)22-20-19(24-32-26(20)28)23-17(13(5)6)16-9-14(10-31-16)12(3)4/h9-13,17,28H,7-8H2,1-6H3,(H2,23,24,27)/p+1/t17-/m1/s1. The Morgan fingerprint density at radius 2 is 1.91 bits per heavy atom. The third-order valence-corrected chi connectivity index (χ3v) is 9.00. The van der Waals surface area contributed by atoms with E-state index in [0.717, 1.165) is 16.9 Å². The molecule has 0 aliphatic carbocycles. The lowest BCUT2D eigenvalue weighted by Gasteiger charge is -2.18. The van der Waals surface area contributed by atoms with Gasteiger partial charge in [-0.3, -0.25) is 5.32 Å². The lowest BCUT2D eigenvalue weighted by molar-refractivity contribution is -1.03. The van der Waals surface area contributed by atoms with E-state index in [4.69, 9.17) is 9.05 Å². The average Bonchev–Trinajstić information content (AvgIpc) is 3.48. The van der Waals surface area contributed by atoms with Crippen LogP contribution in [0, 0.1) is 5.92 Å². The first-order chi connectivity index (χ1) is 16.0. The highest BCUT2D eigenvalue weighted by molar-refractivity contribution is 7.91. The van der Waals surface area contributed by atoms with Crippen LogP contribution in [0.15, 0.2) is 31.0 Å². The molecule has 188 valence electrons. The largest absolute Gasteiger partial charge is 0.503 e. The normalized spacial score (nSPS) is 13.2. The first kappa shape index (κ1) is 25.8. The Hall–Kier alpha value is -2.77. The second-order valence-electron chi connectivity index (χ2n) is 8.45. The van der Waals surface area contributed by atoms with Gasteiger partial charge in [0, 0.05) is 18.5 Å². The lowest BCUT2D eigenvalue weighted by atomic mass is 9.99. The Kier molecular flexibility index (Phi) is 7.78. The summed E-state index contributed by atoms with van der Waals surface area (Å²) < 4.78 is 37.4. The van der Waals surface area contributed by atoms with Crippen molar-refractivity contribution < 1.29 is 32.7 Å². The zero-order valence-electron chi connectivity index (χ0n) is 20.1. The van der Waals surface area contributed by atoms with E-state index in [9.17, 15) is 18.7 Å². The number of aromatic nitrogens is 2. The number of nitrogens with one attached hydrogen (secondary N) is 2. The van der Waals surface area contributed by atoms with E-state index in [1.165, 1.54) is 9.69 Å². The maximum Gasteiger partial charge on any atom is 0.370 e. The molecule has 0 saturated carbocycles. The topological polar surface area (TPSA) is 145 Å². The predicted molar refractivity (Wildman–Crippen MR) is 127 cm³/mol. The van der Waals surface area contributed by atoms with Crippen LogP contribution in [0.5, 0.6) is 5.75 Å². The number of nitrogens with zero attached hydrogens (tertiary/aromatic N) is 3. The summed E-state index contributed by atoms with van der Waals surface area (Å²) in [6.45, 7) is 12.2. The van der Waals surface area contributed by atoms with Crippen molar-refractivity contribution in [2.75, 3.05) is 23.7 Å². The van der Waals surface area contributed by atoms with Gasteiger partial charge in [-0.1, -0.05) is 46.2 Å². The van der Waals surface area contributed by atoms with Crippen molar-refractivity contribution in [2.45, 2.75) is 57.7 Å². The van der Waals surface area contributed by atoms with Gasteiger partial charge in [-0.2, -0.15) is 4.31 Å². The highest BCUT2D eigenvalue weighted by Crippen LogP contribution is 2.41. The molecule has 0 saturated heterocycles. The zero-order chi connectivity index (χ0) is 25.2. The molecule has 1 atom stereocenters. The van der Waals surface area contributed by atoms with E-state index in [0.29, 0.717) is 16.6 Å². The molecule has 0 spiro atoms. The molecule has 0 aliphatic heterocycles. The summed E-state index contributed by atoms with van der Waals surface area (Å²) in [4.78, 5) is 0.400. The molecule has 3 rings (SSSR count). The highest BCUT2D eigenvalue weighted by atomic mass is 32.2. The summed E-state index contributed by atoms with van der Waals surface area (Å²) in [5.41, 5.74) is 1.15. The number of thiophene rings is 1. The lowest BCUT2D eigenvalue weighted by Crippen LogP contribution is -2.31. The van der Waals surface area contributed by atoms with Crippen LogP contribution in [0.4, 0.5) is 17.3 Å². The fourth-order valence-electron chi connectivity index (χ4n) is 3.42. The number of sulfonamides is 1. The molecule has 0 unspecified atom stereocenters. The Bertz CT molecular complexity index is 1210. The van der Waals surface area contributed by atoms with Crippen molar-refractivity contribution in [1.82, 2.24) is 9.46 Å². The number of hydrogen-bond donors (Lipinski definition) is 4. The van der Waals surface area contributed by atoms with Gasteiger partial charge in [0.25, 0.3) is 10.0 Å². The molecule has 0 radical (unpaired) electrons. The number of anilines is 3. The molecule has 0 amide bonds. The van der Waals surface area contributed by atoms with Gasteiger partial charge in [0.05, 0.1) is 12.3 Å². The van der Waals surface area contributed by atoms with Crippen LogP contribution >= 0.6 is 11.3 Å². The molecule has 3 aromatic heterocycles. The minimum atomic E-state index is -3.86. The van der Waals surface area contributed by atoms with Gasteiger partial charge in [0.1, 0.15) is 15.8 Å². The molecular formula is C21H32N5O6S2+.